The van der Waals surface area contributed by atoms with Gasteiger partial charge in [-0.3, -0.25) is 9.69 Å². The average molecular weight is 226 g/mol. The first-order chi connectivity index (χ1) is 7.29. The first kappa shape index (κ1) is 11.2. The third-order valence-electron chi connectivity index (χ3n) is 3.04. The van der Waals surface area contributed by atoms with Gasteiger partial charge in [-0.25, -0.2) is 4.79 Å². The Hall–Kier alpha value is -1.26. The predicted octanol–water partition coefficient (Wildman–Crippen LogP) is 0.870. The van der Waals surface area contributed by atoms with Crippen LogP contribution in [0.5, 0.6) is 0 Å². The second-order valence-electron chi connectivity index (χ2n) is 5.60. The van der Waals surface area contributed by atoms with E-state index in [0.717, 1.165) is 6.42 Å². The topological polar surface area (TPSA) is 72.6 Å². The number of likely N-dealkylation sites (tertiary alicyclic amines) is 1. The molecule has 2 rings (SSSR count). The van der Waals surface area contributed by atoms with E-state index in [2.05, 4.69) is 0 Å². The van der Waals surface area contributed by atoms with E-state index in [1.807, 2.05) is 20.8 Å². The molecular formula is C11H18N2O3. The standard InChI is InChI=1S/C11H18N2O3/c1-11(2,3)16-10(15)13-7-4-6(7)5-8(13)9(12)14/h6-8H,4-5H2,1-3H3,(H2,12,14)/t6-,7-,8+/m1/s1. The van der Waals surface area contributed by atoms with E-state index >= 15 is 0 Å². The van der Waals surface area contributed by atoms with Gasteiger partial charge in [0.25, 0.3) is 0 Å². The van der Waals surface area contributed by atoms with E-state index in [0.29, 0.717) is 12.3 Å². The molecule has 90 valence electrons. The molecule has 1 aliphatic carbocycles. The van der Waals surface area contributed by atoms with Crippen molar-refractivity contribution >= 4 is 12.0 Å². The highest BCUT2D eigenvalue weighted by atomic mass is 16.6. The number of rotatable bonds is 1. The molecule has 0 aromatic rings. The van der Waals surface area contributed by atoms with Gasteiger partial charge in [0.15, 0.2) is 0 Å². The number of hydrogen-bond acceptors (Lipinski definition) is 3. The fourth-order valence-corrected chi connectivity index (χ4v) is 2.29. The van der Waals surface area contributed by atoms with Crippen molar-refractivity contribution in [3.63, 3.8) is 0 Å². The van der Waals surface area contributed by atoms with Gasteiger partial charge in [-0.2, -0.15) is 0 Å². The first-order valence-electron chi connectivity index (χ1n) is 5.60. The molecule has 5 nitrogen and oxygen atoms in total. The number of primary amides is 1. The zero-order valence-electron chi connectivity index (χ0n) is 9.90. The van der Waals surface area contributed by atoms with E-state index in [4.69, 9.17) is 10.5 Å². The second kappa shape index (κ2) is 3.37. The molecule has 1 saturated carbocycles. The molecule has 0 aromatic heterocycles. The molecule has 3 atom stereocenters. The maximum absolute atomic E-state index is 11.9. The lowest BCUT2D eigenvalue weighted by molar-refractivity contribution is -0.122. The molecule has 2 aliphatic rings. The maximum atomic E-state index is 11.9. The van der Waals surface area contributed by atoms with Crippen molar-refractivity contribution in [3.8, 4) is 0 Å². The molecule has 1 aliphatic heterocycles. The van der Waals surface area contributed by atoms with Crippen LogP contribution in [0, 0.1) is 5.92 Å². The van der Waals surface area contributed by atoms with Gasteiger partial charge in [-0.15, -0.1) is 0 Å². The van der Waals surface area contributed by atoms with Crippen LogP contribution in [0.2, 0.25) is 0 Å². The predicted molar refractivity (Wildman–Crippen MR) is 57.6 cm³/mol. The lowest BCUT2D eigenvalue weighted by Crippen LogP contribution is -2.47. The molecule has 1 heterocycles. The van der Waals surface area contributed by atoms with Crippen molar-refractivity contribution in [2.24, 2.45) is 11.7 Å². The number of carbonyl (C=O) groups excluding carboxylic acids is 2. The Morgan fingerprint density at radius 2 is 1.94 bits per heavy atom. The van der Waals surface area contributed by atoms with Gasteiger partial charge in [-0.1, -0.05) is 0 Å². The molecule has 0 radical (unpaired) electrons. The lowest BCUT2D eigenvalue weighted by atomic mass is 10.1. The van der Waals surface area contributed by atoms with Crippen LogP contribution in [0.3, 0.4) is 0 Å². The largest absolute Gasteiger partial charge is 0.444 e. The Morgan fingerprint density at radius 3 is 2.44 bits per heavy atom. The molecular weight excluding hydrogens is 208 g/mol. The number of amides is 2. The number of piperidine rings is 1. The highest BCUT2D eigenvalue weighted by molar-refractivity contribution is 5.85. The molecule has 0 spiro atoms. The van der Waals surface area contributed by atoms with Crippen molar-refractivity contribution in [1.29, 1.82) is 0 Å². The van der Waals surface area contributed by atoms with Crippen molar-refractivity contribution in [3.05, 3.63) is 0 Å². The number of fused-ring (bicyclic) bond motifs is 1. The lowest BCUT2D eigenvalue weighted by Gasteiger charge is -2.28. The van der Waals surface area contributed by atoms with Crippen LogP contribution in [-0.2, 0) is 9.53 Å². The van der Waals surface area contributed by atoms with Crippen LogP contribution in [0.4, 0.5) is 4.79 Å². The van der Waals surface area contributed by atoms with E-state index in [1.165, 1.54) is 4.90 Å². The van der Waals surface area contributed by atoms with Gasteiger partial charge in [0.2, 0.25) is 5.91 Å². The van der Waals surface area contributed by atoms with Crippen LogP contribution >= 0.6 is 0 Å². The molecule has 0 bridgehead atoms. The summed E-state index contributed by atoms with van der Waals surface area (Å²) in [6.07, 6.45) is 1.25. The van der Waals surface area contributed by atoms with Gasteiger partial charge in [0.1, 0.15) is 11.6 Å². The monoisotopic (exact) mass is 226 g/mol. The summed E-state index contributed by atoms with van der Waals surface area (Å²) >= 11 is 0. The van der Waals surface area contributed by atoms with Gasteiger partial charge in [0.05, 0.1) is 0 Å². The summed E-state index contributed by atoms with van der Waals surface area (Å²) in [5.41, 5.74) is 4.75. The van der Waals surface area contributed by atoms with Crippen LogP contribution in [0.15, 0.2) is 0 Å². The minimum Gasteiger partial charge on any atom is -0.444 e. The van der Waals surface area contributed by atoms with Crippen LogP contribution in [0.1, 0.15) is 33.6 Å². The Morgan fingerprint density at radius 1 is 1.31 bits per heavy atom. The Labute approximate surface area is 94.9 Å². The summed E-state index contributed by atoms with van der Waals surface area (Å²) in [6.45, 7) is 5.43. The Bertz CT molecular complexity index is 335. The molecule has 16 heavy (non-hydrogen) atoms. The number of hydrogen-bond donors (Lipinski definition) is 1. The van der Waals surface area contributed by atoms with Crippen molar-refractivity contribution in [2.45, 2.75) is 51.3 Å². The maximum Gasteiger partial charge on any atom is 0.411 e. The highest BCUT2D eigenvalue weighted by Gasteiger charge is 2.56. The summed E-state index contributed by atoms with van der Waals surface area (Å²) in [6, 6.07) is -0.300. The van der Waals surface area contributed by atoms with Crippen molar-refractivity contribution in [2.75, 3.05) is 0 Å². The van der Waals surface area contributed by atoms with Crippen LogP contribution in [0.25, 0.3) is 0 Å². The second-order valence-corrected chi connectivity index (χ2v) is 5.60. The number of ether oxygens (including phenoxy) is 1. The summed E-state index contributed by atoms with van der Waals surface area (Å²) < 4.78 is 5.28. The van der Waals surface area contributed by atoms with Gasteiger partial charge in [0, 0.05) is 6.04 Å². The third kappa shape index (κ3) is 1.99. The van der Waals surface area contributed by atoms with Crippen molar-refractivity contribution in [1.82, 2.24) is 4.90 Å². The summed E-state index contributed by atoms with van der Waals surface area (Å²) in [5.74, 6) is 0.0167. The number of nitrogens with zero attached hydrogens (tertiary/aromatic N) is 1. The third-order valence-corrected chi connectivity index (χ3v) is 3.04. The number of nitrogens with two attached hydrogens (primary N) is 1. The minimum atomic E-state index is -0.535. The molecule has 2 amide bonds. The molecule has 2 N–H and O–H groups in total. The van der Waals surface area contributed by atoms with Gasteiger partial charge in [-0.05, 0) is 39.5 Å². The fraction of sp³-hybridized carbons (Fsp3) is 0.818. The van der Waals surface area contributed by atoms with Gasteiger partial charge < -0.3 is 10.5 Å². The Kier molecular flexibility index (Phi) is 2.36. The molecule has 0 aromatic carbocycles. The fourth-order valence-electron chi connectivity index (χ4n) is 2.29. The van der Waals surface area contributed by atoms with E-state index in [1.54, 1.807) is 0 Å². The molecule has 5 heteroatoms. The summed E-state index contributed by atoms with van der Waals surface area (Å²) in [7, 11) is 0. The zero-order valence-corrected chi connectivity index (χ0v) is 9.90. The van der Waals surface area contributed by atoms with E-state index in [-0.39, 0.29) is 6.04 Å². The van der Waals surface area contributed by atoms with Gasteiger partial charge >= 0.3 is 6.09 Å². The Balaban J connectivity index is 2.07. The number of carbonyl (C=O) groups is 2. The first-order valence-corrected chi connectivity index (χ1v) is 5.60. The molecule has 2 fully saturated rings. The summed E-state index contributed by atoms with van der Waals surface area (Å²) in [5, 5.41) is 0. The summed E-state index contributed by atoms with van der Waals surface area (Å²) in [4.78, 5) is 24.7. The zero-order chi connectivity index (χ0) is 12.1. The van der Waals surface area contributed by atoms with E-state index in [9.17, 15) is 9.59 Å². The normalized spacial score (nSPS) is 32.2. The smallest absolute Gasteiger partial charge is 0.411 e. The SMILES string of the molecule is CC(C)(C)OC(=O)N1[C@@H]2C[C@@H]2C[C@H]1C(N)=O. The van der Waals surface area contributed by atoms with Crippen LogP contribution in [-0.4, -0.2) is 34.6 Å². The highest BCUT2D eigenvalue weighted by Crippen LogP contribution is 2.48. The minimum absolute atomic E-state index is 0.173. The quantitative estimate of drug-likeness (QED) is 0.721. The molecule has 0 unspecified atom stereocenters. The van der Waals surface area contributed by atoms with E-state index < -0.39 is 23.6 Å². The average Bonchev–Trinajstić information content (AvgIpc) is 2.73. The molecule has 1 saturated heterocycles. The van der Waals surface area contributed by atoms with Crippen LogP contribution < -0.4 is 5.73 Å². The van der Waals surface area contributed by atoms with Crippen molar-refractivity contribution < 1.29 is 14.3 Å².